The van der Waals surface area contributed by atoms with Crippen LogP contribution in [0.25, 0.3) is 0 Å². The normalized spacial score (nSPS) is 17.1. The van der Waals surface area contributed by atoms with E-state index in [9.17, 15) is 14.4 Å². The fourth-order valence-electron chi connectivity index (χ4n) is 3.97. The molecular formula is C25H37N3O4. The van der Waals surface area contributed by atoms with Crippen molar-refractivity contribution in [3.8, 4) is 0 Å². The number of hydrogen-bond acceptors (Lipinski definition) is 4. The largest absolute Gasteiger partial charge is 0.463 e. The van der Waals surface area contributed by atoms with Crippen molar-refractivity contribution in [1.29, 1.82) is 0 Å². The molecule has 7 nitrogen and oxygen atoms in total. The van der Waals surface area contributed by atoms with Crippen LogP contribution in [0.5, 0.6) is 0 Å². The number of allylic oxidation sites excluding steroid dienone is 1. The van der Waals surface area contributed by atoms with Crippen molar-refractivity contribution < 1.29 is 19.1 Å². The van der Waals surface area contributed by atoms with Crippen molar-refractivity contribution in [2.75, 3.05) is 18.5 Å². The first-order valence-electron chi connectivity index (χ1n) is 11.7. The van der Waals surface area contributed by atoms with Gasteiger partial charge < -0.3 is 15.4 Å². The summed E-state index contributed by atoms with van der Waals surface area (Å²) in [5.74, 6) is -0.411. The van der Waals surface area contributed by atoms with E-state index in [1.54, 1.807) is 18.7 Å². The lowest BCUT2D eigenvalue weighted by atomic mass is 9.94. The van der Waals surface area contributed by atoms with Gasteiger partial charge in [-0.2, -0.15) is 0 Å². The first-order valence-corrected chi connectivity index (χ1v) is 11.7. The van der Waals surface area contributed by atoms with E-state index in [0.29, 0.717) is 23.5 Å². The van der Waals surface area contributed by atoms with Gasteiger partial charge in [-0.25, -0.2) is 9.59 Å². The molecule has 2 atom stereocenters. The minimum atomic E-state index is -0.604. The molecule has 2 rings (SSSR count). The van der Waals surface area contributed by atoms with Crippen LogP contribution in [0.3, 0.4) is 0 Å². The molecule has 0 saturated carbocycles. The van der Waals surface area contributed by atoms with Gasteiger partial charge >= 0.3 is 12.0 Å². The average molecular weight is 444 g/mol. The molecule has 0 radical (unpaired) electrons. The van der Waals surface area contributed by atoms with Gasteiger partial charge in [-0.05, 0) is 50.8 Å². The number of unbranched alkanes of at least 4 members (excludes halogenated alkanes) is 1. The van der Waals surface area contributed by atoms with Crippen LogP contribution in [0, 0.1) is 5.92 Å². The van der Waals surface area contributed by atoms with E-state index in [-0.39, 0.29) is 24.5 Å². The monoisotopic (exact) mass is 443 g/mol. The summed E-state index contributed by atoms with van der Waals surface area (Å²) in [6, 6.07) is 6.43. The standard InChI is InChI=1S/C25H37N3O4/c1-6-10-11-18(8-3)23(29)26-20-14-12-19(13-15-20)22-21(24(30)32-9-4)17(5)28(16-7-2)25(31)27-22/h12-15,18,22H,6-11,16H2,1-5H3,(H,26,29)(H,27,31). The van der Waals surface area contributed by atoms with E-state index < -0.39 is 12.0 Å². The zero-order chi connectivity index (χ0) is 23.7. The minimum Gasteiger partial charge on any atom is -0.463 e. The van der Waals surface area contributed by atoms with Crippen molar-refractivity contribution >= 4 is 23.6 Å². The predicted octanol–water partition coefficient (Wildman–Crippen LogP) is 5.15. The number of carbonyl (C=O) groups excluding carboxylic acids is 3. The molecule has 1 heterocycles. The lowest BCUT2D eigenvalue weighted by Crippen LogP contribution is -2.48. The molecule has 0 bridgehead atoms. The maximum absolute atomic E-state index is 12.7. The van der Waals surface area contributed by atoms with E-state index in [0.717, 1.165) is 37.7 Å². The number of amides is 3. The fraction of sp³-hybridized carbons (Fsp3) is 0.560. The highest BCUT2D eigenvalue weighted by molar-refractivity contribution is 5.95. The third-order valence-corrected chi connectivity index (χ3v) is 5.82. The molecule has 0 fully saturated rings. The number of benzene rings is 1. The Kier molecular flexibility index (Phi) is 9.75. The van der Waals surface area contributed by atoms with Crippen LogP contribution in [0.2, 0.25) is 0 Å². The van der Waals surface area contributed by atoms with E-state index in [4.69, 9.17) is 4.74 Å². The van der Waals surface area contributed by atoms with Crippen LogP contribution in [0.1, 0.15) is 78.3 Å². The molecular weight excluding hydrogens is 406 g/mol. The summed E-state index contributed by atoms with van der Waals surface area (Å²) in [4.78, 5) is 39.6. The predicted molar refractivity (Wildman–Crippen MR) is 126 cm³/mol. The Morgan fingerprint density at radius 1 is 1.12 bits per heavy atom. The molecule has 176 valence electrons. The van der Waals surface area contributed by atoms with E-state index in [2.05, 4.69) is 17.6 Å². The zero-order valence-electron chi connectivity index (χ0n) is 20.0. The maximum Gasteiger partial charge on any atom is 0.338 e. The van der Waals surface area contributed by atoms with Crippen LogP contribution in [0.15, 0.2) is 35.5 Å². The van der Waals surface area contributed by atoms with Gasteiger partial charge in [-0.15, -0.1) is 0 Å². The first kappa shape index (κ1) is 25.4. The number of nitrogens with one attached hydrogen (secondary N) is 2. The number of nitrogens with zero attached hydrogens (tertiary/aromatic N) is 1. The molecule has 7 heteroatoms. The summed E-state index contributed by atoms with van der Waals surface area (Å²) >= 11 is 0. The second-order valence-electron chi connectivity index (χ2n) is 8.11. The molecule has 1 aliphatic heterocycles. The lowest BCUT2D eigenvalue weighted by Gasteiger charge is -2.35. The van der Waals surface area contributed by atoms with Crippen LogP contribution in [-0.4, -0.2) is 36.0 Å². The molecule has 3 amide bonds. The number of esters is 1. The summed E-state index contributed by atoms with van der Waals surface area (Å²) in [6.45, 7) is 10.5. The van der Waals surface area contributed by atoms with E-state index >= 15 is 0 Å². The van der Waals surface area contributed by atoms with E-state index in [1.807, 2.05) is 38.1 Å². The van der Waals surface area contributed by atoms with Crippen LogP contribution in [-0.2, 0) is 14.3 Å². The van der Waals surface area contributed by atoms with Gasteiger partial charge in [0.2, 0.25) is 5.91 Å². The van der Waals surface area contributed by atoms with Crippen LogP contribution < -0.4 is 10.6 Å². The quantitative estimate of drug-likeness (QED) is 0.463. The summed E-state index contributed by atoms with van der Waals surface area (Å²) < 4.78 is 5.28. The number of carbonyl (C=O) groups is 3. The highest BCUT2D eigenvalue weighted by Crippen LogP contribution is 2.32. The van der Waals surface area contributed by atoms with Crippen molar-refractivity contribution in [2.24, 2.45) is 5.92 Å². The third kappa shape index (κ3) is 6.11. The van der Waals surface area contributed by atoms with Gasteiger partial charge in [0.05, 0.1) is 18.2 Å². The van der Waals surface area contributed by atoms with Crippen molar-refractivity contribution in [3.05, 3.63) is 41.1 Å². The summed E-state index contributed by atoms with van der Waals surface area (Å²) in [7, 11) is 0. The molecule has 32 heavy (non-hydrogen) atoms. The second kappa shape index (κ2) is 12.3. The lowest BCUT2D eigenvalue weighted by molar-refractivity contribution is -0.139. The highest BCUT2D eigenvalue weighted by Gasteiger charge is 2.36. The number of hydrogen-bond donors (Lipinski definition) is 2. The van der Waals surface area contributed by atoms with Crippen LogP contribution in [0.4, 0.5) is 10.5 Å². The summed E-state index contributed by atoms with van der Waals surface area (Å²) in [5, 5.41) is 5.93. The SMILES string of the molecule is CCCCC(CC)C(=O)Nc1ccc(C2NC(=O)N(CCC)C(C)=C2C(=O)OCC)cc1. The molecule has 2 N–H and O–H groups in total. The molecule has 0 spiro atoms. The van der Waals surface area contributed by atoms with Gasteiger partial charge in [-0.1, -0.05) is 45.7 Å². The van der Waals surface area contributed by atoms with Gasteiger partial charge in [0.15, 0.2) is 0 Å². The third-order valence-electron chi connectivity index (χ3n) is 5.82. The van der Waals surface area contributed by atoms with Crippen molar-refractivity contribution in [1.82, 2.24) is 10.2 Å². The number of anilines is 1. The Balaban J connectivity index is 2.26. The molecule has 1 aromatic carbocycles. The molecule has 0 aromatic heterocycles. The topological polar surface area (TPSA) is 87.7 Å². The fourth-order valence-corrected chi connectivity index (χ4v) is 3.97. The van der Waals surface area contributed by atoms with Crippen molar-refractivity contribution in [2.45, 2.75) is 72.8 Å². The van der Waals surface area contributed by atoms with Gasteiger partial charge in [0.25, 0.3) is 0 Å². The Morgan fingerprint density at radius 2 is 1.81 bits per heavy atom. The van der Waals surface area contributed by atoms with Crippen molar-refractivity contribution in [3.63, 3.8) is 0 Å². The molecule has 1 aromatic rings. The van der Waals surface area contributed by atoms with E-state index in [1.165, 1.54) is 0 Å². The molecule has 2 unspecified atom stereocenters. The molecule has 0 aliphatic carbocycles. The van der Waals surface area contributed by atoms with Gasteiger partial charge in [-0.3, -0.25) is 9.69 Å². The molecule has 1 aliphatic rings. The Hall–Kier alpha value is -2.83. The number of rotatable bonds is 11. The Labute approximate surface area is 191 Å². The Bertz CT molecular complexity index is 832. The highest BCUT2D eigenvalue weighted by atomic mass is 16.5. The van der Waals surface area contributed by atoms with Crippen LogP contribution >= 0.6 is 0 Å². The van der Waals surface area contributed by atoms with Gasteiger partial charge in [0, 0.05) is 23.8 Å². The average Bonchev–Trinajstić information content (AvgIpc) is 2.77. The number of urea groups is 1. The summed E-state index contributed by atoms with van der Waals surface area (Å²) in [5.41, 5.74) is 2.50. The smallest absolute Gasteiger partial charge is 0.338 e. The minimum absolute atomic E-state index is 0.00203. The number of ether oxygens (including phenoxy) is 1. The van der Waals surface area contributed by atoms with Gasteiger partial charge in [0.1, 0.15) is 0 Å². The maximum atomic E-state index is 12.7. The first-order chi connectivity index (χ1) is 15.4. The zero-order valence-corrected chi connectivity index (χ0v) is 20.0. The second-order valence-corrected chi connectivity index (χ2v) is 8.11. The Morgan fingerprint density at radius 3 is 2.38 bits per heavy atom. The summed E-state index contributed by atoms with van der Waals surface area (Å²) in [6.07, 6.45) is 4.56. The molecule has 0 saturated heterocycles.